The molecule has 0 bridgehead atoms. The Balaban J connectivity index is 1.65. The summed E-state index contributed by atoms with van der Waals surface area (Å²) in [4.78, 5) is 0. The molecule has 1 N–H and O–H groups in total. The average Bonchev–Trinajstić information content (AvgIpc) is 2.85. The van der Waals surface area contributed by atoms with Crippen LogP contribution in [0.2, 0.25) is 18.1 Å². The first kappa shape index (κ1) is 30.7. The number of ether oxygens (including phenoxy) is 2. The molecule has 37 heavy (non-hydrogen) atoms. The molecule has 4 nitrogen and oxygen atoms in total. The zero-order chi connectivity index (χ0) is 26.8. The van der Waals surface area contributed by atoms with Gasteiger partial charge in [-0.05, 0) is 60.0 Å². The van der Waals surface area contributed by atoms with Crippen molar-refractivity contribution in [1.82, 2.24) is 0 Å². The van der Waals surface area contributed by atoms with Gasteiger partial charge in [-0.3, -0.25) is 0 Å². The van der Waals surface area contributed by atoms with Gasteiger partial charge in [0.05, 0.1) is 42.7 Å². The quantitative estimate of drug-likeness (QED) is 0.240. The minimum atomic E-state index is -2.00. The molecule has 1 aliphatic heterocycles. The number of aliphatic hydroxyl groups is 1. The monoisotopic (exact) mass is 562 g/mol. The van der Waals surface area contributed by atoms with Gasteiger partial charge in [0.25, 0.3) is 0 Å². The summed E-state index contributed by atoms with van der Waals surface area (Å²) in [5.74, 6) is 2.23. The topological polar surface area (TPSA) is 47.9 Å². The molecule has 1 aliphatic rings. The molecule has 0 saturated carbocycles. The van der Waals surface area contributed by atoms with Crippen molar-refractivity contribution in [3.05, 3.63) is 71.8 Å². The summed E-state index contributed by atoms with van der Waals surface area (Å²) in [6.07, 6.45) is 2.23. The van der Waals surface area contributed by atoms with Gasteiger partial charge in [0.2, 0.25) is 0 Å². The Hall–Kier alpha value is -0.803. The van der Waals surface area contributed by atoms with Crippen molar-refractivity contribution in [3.8, 4) is 0 Å². The lowest BCUT2D eigenvalue weighted by Gasteiger charge is -2.44. The average molecular weight is 563 g/mol. The molecule has 2 aromatic rings. The number of rotatable bonds is 14. The van der Waals surface area contributed by atoms with E-state index in [9.17, 15) is 5.11 Å². The summed E-state index contributed by atoms with van der Waals surface area (Å²) in [5.41, 5.74) is 2.31. The summed E-state index contributed by atoms with van der Waals surface area (Å²) in [7, 11) is -2.00. The van der Waals surface area contributed by atoms with Gasteiger partial charge in [-0.15, -0.1) is 23.5 Å². The first-order chi connectivity index (χ1) is 17.6. The number of hydrogen-bond donors (Lipinski definition) is 1. The van der Waals surface area contributed by atoms with Gasteiger partial charge < -0.3 is 19.0 Å². The number of thioether (sulfide) groups is 2. The molecule has 0 spiro atoms. The molecular formula is C30H46O4S2Si. The lowest BCUT2D eigenvalue weighted by molar-refractivity contribution is 0.0121. The Morgan fingerprint density at radius 1 is 0.838 bits per heavy atom. The highest BCUT2D eigenvalue weighted by molar-refractivity contribution is 8.18. The third-order valence-electron chi connectivity index (χ3n) is 7.21. The predicted molar refractivity (Wildman–Crippen MR) is 162 cm³/mol. The molecule has 0 unspecified atom stereocenters. The molecule has 1 fully saturated rings. The van der Waals surface area contributed by atoms with Gasteiger partial charge >= 0.3 is 0 Å². The SMILES string of the molecule is CC(C)(C)[Si](C)(C)O[C@@H](COCc1ccccc1)CC1(C[C@@H](O)COCc2ccccc2)SCCCS1. The van der Waals surface area contributed by atoms with Crippen molar-refractivity contribution in [2.75, 3.05) is 24.7 Å². The van der Waals surface area contributed by atoms with E-state index in [1.807, 2.05) is 59.9 Å². The molecule has 3 rings (SSSR count). The van der Waals surface area contributed by atoms with Crippen LogP contribution in [0.3, 0.4) is 0 Å². The zero-order valence-corrected chi connectivity index (χ0v) is 25.9. The fourth-order valence-electron chi connectivity index (χ4n) is 4.20. The lowest BCUT2D eigenvalue weighted by atomic mass is 10.1. The van der Waals surface area contributed by atoms with Gasteiger partial charge in [-0.1, -0.05) is 81.4 Å². The summed E-state index contributed by atoms with van der Waals surface area (Å²) in [5, 5.41) is 11.1. The van der Waals surface area contributed by atoms with E-state index in [-0.39, 0.29) is 15.2 Å². The molecule has 2 aromatic carbocycles. The second-order valence-electron chi connectivity index (χ2n) is 11.5. The molecule has 0 aliphatic carbocycles. The largest absolute Gasteiger partial charge is 0.412 e. The summed E-state index contributed by atoms with van der Waals surface area (Å²) in [6, 6.07) is 20.5. The van der Waals surface area contributed by atoms with Crippen LogP contribution in [-0.4, -0.2) is 54.4 Å². The number of aliphatic hydroxyl groups excluding tert-OH is 1. The zero-order valence-electron chi connectivity index (χ0n) is 23.3. The fourth-order valence-corrected chi connectivity index (χ4v) is 9.10. The minimum absolute atomic E-state index is 0.0138. The maximum Gasteiger partial charge on any atom is 0.192 e. The third-order valence-corrected chi connectivity index (χ3v) is 15.2. The highest BCUT2D eigenvalue weighted by Gasteiger charge is 2.43. The van der Waals surface area contributed by atoms with E-state index in [4.69, 9.17) is 13.9 Å². The van der Waals surface area contributed by atoms with E-state index < -0.39 is 14.4 Å². The summed E-state index contributed by atoms with van der Waals surface area (Å²) < 4.78 is 19.0. The second-order valence-corrected chi connectivity index (χ2v) is 19.5. The van der Waals surface area contributed by atoms with Crippen molar-refractivity contribution in [2.45, 2.75) is 87.7 Å². The molecule has 0 amide bonds. The summed E-state index contributed by atoms with van der Waals surface area (Å²) in [6.45, 7) is 13.5. The van der Waals surface area contributed by atoms with E-state index in [0.29, 0.717) is 32.8 Å². The van der Waals surface area contributed by atoms with Crippen molar-refractivity contribution >= 4 is 31.8 Å². The van der Waals surface area contributed by atoms with Crippen LogP contribution in [0.15, 0.2) is 60.7 Å². The molecular weight excluding hydrogens is 517 g/mol. The van der Waals surface area contributed by atoms with E-state index in [1.165, 1.54) is 12.0 Å². The van der Waals surface area contributed by atoms with Gasteiger partial charge in [-0.2, -0.15) is 0 Å². The Kier molecular flexibility index (Phi) is 12.1. The van der Waals surface area contributed by atoms with Crippen LogP contribution in [0, 0.1) is 0 Å². The maximum absolute atomic E-state index is 11.0. The van der Waals surface area contributed by atoms with Crippen molar-refractivity contribution in [1.29, 1.82) is 0 Å². The third kappa shape index (κ3) is 10.4. The van der Waals surface area contributed by atoms with Crippen molar-refractivity contribution in [2.24, 2.45) is 0 Å². The minimum Gasteiger partial charge on any atom is -0.412 e. The van der Waals surface area contributed by atoms with E-state index in [2.05, 4.69) is 58.1 Å². The van der Waals surface area contributed by atoms with Crippen LogP contribution >= 0.6 is 23.5 Å². The van der Waals surface area contributed by atoms with Crippen molar-refractivity contribution < 1.29 is 19.0 Å². The number of benzene rings is 2. The van der Waals surface area contributed by atoms with E-state index >= 15 is 0 Å². The van der Waals surface area contributed by atoms with Crippen LogP contribution in [-0.2, 0) is 27.1 Å². The molecule has 2 atom stereocenters. The van der Waals surface area contributed by atoms with Gasteiger partial charge in [0, 0.05) is 0 Å². The highest BCUT2D eigenvalue weighted by Crippen LogP contribution is 2.50. The maximum atomic E-state index is 11.0. The van der Waals surface area contributed by atoms with Crippen molar-refractivity contribution in [3.63, 3.8) is 0 Å². The van der Waals surface area contributed by atoms with Crippen LogP contribution < -0.4 is 0 Å². The molecule has 7 heteroatoms. The van der Waals surface area contributed by atoms with E-state index in [0.717, 1.165) is 23.5 Å². The molecule has 206 valence electrons. The standard InChI is InChI=1S/C30H46O4S2Si/c1-29(2,3)37(4,5)34-28(24-33-22-26-15-10-7-11-16-26)20-30(35-17-12-18-36-30)19-27(31)23-32-21-25-13-8-6-9-14-25/h6-11,13-16,27-28,31H,12,17-24H2,1-5H3/t27-,28-/m1/s1. The van der Waals surface area contributed by atoms with E-state index in [1.54, 1.807) is 0 Å². The predicted octanol–water partition coefficient (Wildman–Crippen LogP) is 7.52. The Morgan fingerprint density at radius 3 is 1.86 bits per heavy atom. The van der Waals surface area contributed by atoms with Crippen LogP contribution in [0.25, 0.3) is 0 Å². The van der Waals surface area contributed by atoms with Gasteiger partial charge in [0.1, 0.15) is 0 Å². The smallest absolute Gasteiger partial charge is 0.192 e. The van der Waals surface area contributed by atoms with Crippen LogP contribution in [0.1, 0.15) is 51.2 Å². The molecule has 0 radical (unpaired) electrons. The molecule has 0 aromatic heterocycles. The van der Waals surface area contributed by atoms with Crippen LogP contribution in [0.5, 0.6) is 0 Å². The fraction of sp³-hybridized carbons (Fsp3) is 0.600. The summed E-state index contributed by atoms with van der Waals surface area (Å²) >= 11 is 3.98. The Labute approximate surface area is 234 Å². The van der Waals surface area contributed by atoms with Crippen LogP contribution in [0.4, 0.5) is 0 Å². The first-order valence-electron chi connectivity index (χ1n) is 13.5. The van der Waals surface area contributed by atoms with Gasteiger partial charge in [0.15, 0.2) is 8.32 Å². The molecule has 1 saturated heterocycles. The normalized spacial score (nSPS) is 17.9. The Morgan fingerprint density at radius 2 is 1.35 bits per heavy atom. The lowest BCUT2D eigenvalue weighted by Crippen LogP contribution is -2.47. The Bertz CT molecular complexity index is 899. The first-order valence-corrected chi connectivity index (χ1v) is 18.3. The molecule has 1 heterocycles. The number of hydrogen-bond acceptors (Lipinski definition) is 6. The second kappa shape index (κ2) is 14.5. The van der Waals surface area contributed by atoms with Gasteiger partial charge in [-0.25, -0.2) is 0 Å². The highest BCUT2D eigenvalue weighted by atomic mass is 32.2.